The highest BCUT2D eigenvalue weighted by molar-refractivity contribution is 5.36. The molecule has 0 saturated heterocycles. The number of ether oxygens (including phenoxy) is 2. The third-order valence-electron chi connectivity index (χ3n) is 2.46. The fourth-order valence-electron chi connectivity index (χ4n) is 1.58. The second-order valence-corrected chi connectivity index (χ2v) is 4.04. The number of benzene rings is 1. The molecular weight excluding hydrogens is 214 g/mol. The molecule has 0 heterocycles. The van der Waals surface area contributed by atoms with Crippen molar-refractivity contribution in [2.45, 2.75) is 33.7 Å². The molecule has 0 atom stereocenters. The molecule has 0 unspecified atom stereocenters. The maximum absolute atomic E-state index is 5.60. The first-order chi connectivity index (χ1) is 8.27. The van der Waals surface area contributed by atoms with E-state index in [0.717, 1.165) is 25.3 Å². The Morgan fingerprint density at radius 2 is 2.06 bits per heavy atom. The van der Waals surface area contributed by atoms with Gasteiger partial charge >= 0.3 is 0 Å². The van der Waals surface area contributed by atoms with Crippen LogP contribution in [0.2, 0.25) is 0 Å². The Labute approximate surface area is 104 Å². The zero-order valence-corrected chi connectivity index (χ0v) is 11.1. The summed E-state index contributed by atoms with van der Waals surface area (Å²) in [6.45, 7) is 9.08. The molecular formula is C14H23NO2. The van der Waals surface area contributed by atoms with Gasteiger partial charge in [0.2, 0.25) is 0 Å². The van der Waals surface area contributed by atoms with Gasteiger partial charge in [-0.05, 0) is 32.9 Å². The van der Waals surface area contributed by atoms with Gasteiger partial charge in [-0.3, -0.25) is 0 Å². The van der Waals surface area contributed by atoms with E-state index in [1.807, 2.05) is 13.0 Å². The molecule has 17 heavy (non-hydrogen) atoms. The normalized spacial score (nSPS) is 10.5. The van der Waals surface area contributed by atoms with Gasteiger partial charge in [0.15, 0.2) is 6.79 Å². The molecule has 0 amide bonds. The molecule has 0 saturated carbocycles. The van der Waals surface area contributed by atoms with Gasteiger partial charge in [0.25, 0.3) is 0 Å². The van der Waals surface area contributed by atoms with Crippen LogP contribution < -0.4 is 10.1 Å². The summed E-state index contributed by atoms with van der Waals surface area (Å²) in [7, 11) is 0. The van der Waals surface area contributed by atoms with Gasteiger partial charge in [0, 0.05) is 18.7 Å². The Hall–Kier alpha value is -1.06. The van der Waals surface area contributed by atoms with Crippen molar-refractivity contribution in [3.8, 4) is 5.75 Å². The van der Waals surface area contributed by atoms with Crippen LogP contribution in [-0.2, 0) is 11.3 Å². The lowest BCUT2D eigenvalue weighted by atomic mass is 10.1. The van der Waals surface area contributed by atoms with Crippen LogP contribution in [0.15, 0.2) is 18.2 Å². The standard InChI is InChI=1S/C14H23NO2/c1-4-8-15-10-13-9-12(3)6-7-14(13)17-11-16-5-2/h6-7,9,15H,4-5,8,10-11H2,1-3H3. The van der Waals surface area contributed by atoms with Crippen LogP contribution in [0.25, 0.3) is 0 Å². The Kier molecular flexibility index (Phi) is 6.67. The molecule has 0 fully saturated rings. The third-order valence-corrected chi connectivity index (χ3v) is 2.46. The van der Waals surface area contributed by atoms with Crippen LogP contribution in [-0.4, -0.2) is 19.9 Å². The summed E-state index contributed by atoms with van der Waals surface area (Å²) < 4.78 is 10.8. The van der Waals surface area contributed by atoms with Crippen LogP contribution in [0.4, 0.5) is 0 Å². The zero-order valence-electron chi connectivity index (χ0n) is 11.1. The predicted molar refractivity (Wildman–Crippen MR) is 70.3 cm³/mol. The van der Waals surface area contributed by atoms with Crippen molar-refractivity contribution in [3.63, 3.8) is 0 Å². The average molecular weight is 237 g/mol. The van der Waals surface area contributed by atoms with Gasteiger partial charge in [-0.2, -0.15) is 0 Å². The molecule has 0 aliphatic heterocycles. The minimum Gasteiger partial charge on any atom is -0.467 e. The first-order valence-electron chi connectivity index (χ1n) is 6.28. The number of rotatable bonds is 8. The minimum atomic E-state index is 0.320. The summed E-state index contributed by atoms with van der Waals surface area (Å²) >= 11 is 0. The van der Waals surface area contributed by atoms with E-state index >= 15 is 0 Å². The van der Waals surface area contributed by atoms with Crippen molar-refractivity contribution in [1.29, 1.82) is 0 Å². The van der Waals surface area contributed by atoms with Gasteiger partial charge < -0.3 is 14.8 Å². The second kappa shape index (κ2) is 8.09. The van der Waals surface area contributed by atoms with Gasteiger partial charge in [-0.15, -0.1) is 0 Å². The molecule has 1 aromatic carbocycles. The molecule has 0 radical (unpaired) electrons. The van der Waals surface area contributed by atoms with Gasteiger partial charge in [0.1, 0.15) is 5.75 Å². The second-order valence-electron chi connectivity index (χ2n) is 4.04. The van der Waals surface area contributed by atoms with Crippen LogP contribution >= 0.6 is 0 Å². The van der Waals surface area contributed by atoms with E-state index in [2.05, 4.69) is 31.3 Å². The SMILES string of the molecule is CCCNCc1cc(C)ccc1OCOCC. The van der Waals surface area contributed by atoms with E-state index in [-0.39, 0.29) is 0 Å². The van der Waals surface area contributed by atoms with E-state index in [4.69, 9.17) is 9.47 Å². The first-order valence-corrected chi connectivity index (χ1v) is 6.28. The fourth-order valence-corrected chi connectivity index (χ4v) is 1.58. The summed E-state index contributed by atoms with van der Waals surface area (Å²) in [6.07, 6.45) is 1.14. The first kappa shape index (κ1) is 14.0. The van der Waals surface area contributed by atoms with Crippen LogP contribution in [0, 0.1) is 6.92 Å². The molecule has 1 aromatic rings. The smallest absolute Gasteiger partial charge is 0.189 e. The van der Waals surface area contributed by atoms with Crippen LogP contribution in [0.3, 0.4) is 0 Å². The quantitative estimate of drug-likeness (QED) is 0.557. The molecule has 0 aliphatic carbocycles. The average Bonchev–Trinajstić information content (AvgIpc) is 2.32. The summed E-state index contributed by atoms with van der Waals surface area (Å²) in [5.74, 6) is 0.910. The maximum Gasteiger partial charge on any atom is 0.189 e. The molecule has 0 aliphatic rings. The Morgan fingerprint density at radius 3 is 2.76 bits per heavy atom. The molecule has 1 N–H and O–H groups in total. The van der Waals surface area contributed by atoms with Gasteiger partial charge in [-0.25, -0.2) is 0 Å². The minimum absolute atomic E-state index is 0.320. The Balaban J connectivity index is 2.59. The van der Waals surface area contributed by atoms with E-state index < -0.39 is 0 Å². The van der Waals surface area contributed by atoms with Crippen molar-refractivity contribution < 1.29 is 9.47 Å². The van der Waals surface area contributed by atoms with Crippen molar-refractivity contribution in [3.05, 3.63) is 29.3 Å². The Morgan fingerprint density at radius 1 is 1.24 bits per heavy atom. The van der Waals surface area contributed by atoms with E-state index in [9.17, 15) is 0 Å². The fraction of sp³-hybridized carbons (Fsp3) is 0.571. The summed E-state index contributed by atoms with van der Waals surface area (Å²) in [5, 5.41) is 3.39. The monoisotopic (exact) mass is 237 g/mol. The van der Waals surface area contributed by atoms with Gasteiger partial charge in [-0.1, -0.05) is 24.6 Å². The van der Waals surface area contributed by atoms with E-state index in [1.165, 1.54) is 11.1 Å². The molecule has 96 valence electrons. The lowest BCUT2D eigenvalue weighted by Crippen LogP contribution is -2.15. The van der Waals surface area contributed by atoms with E-state index in [0.29, 0.717) is 13.4 Å². The summed E-state index contributed by atoms with van der Waals surface area (Å²) in [6, 6.07) is 6.23. The topological polar surface area (TPSA) is 30.5 Å². The number of hydrogen-bond donors (Lipinski definition) is 1. The molecule has 3 nitrogen and oxygen atoms in total. The zero-order chi connectivity index (χ0) is 12.5. The number of hydrogen-bond acceptors (Lipinski definition) is 3. The lowest BCUT2D eigenvalue weighted by Gasteiger charge is -2.12. The lowest BCUT2D eigenvalue weighted by molar-refractivity contribution is 0.0218. The van der Waals surface area contributed by atoms with Crippen molar-refractivity contribution in [2.24, 2.45) is 0 Å². The summed E-state index contributed by atoms with van der Waals surface area (Å²) in [5.41, 5.74) is 2.44. The van der Waals surface area contributed by atoms with Crippen molar-refractivity contribution in [1.82, 2.24) is 5.32 Å². The highest BCUT2D eigenvalue weighted by Gasteiger charge is 2.03. The predicted octanol–water partition coefficient (Wildman–Crippen LogP) is 2.87. The number of aryl methyl sites for hydroxylation is 1. The molecule has 1 rings (SSSR count). The Bertz CT molecular complexity index is 326. The van der Waals surface area contributed by atoms with E-state index in [1.54, 1.807) is 0 Å². The molecule has 0 bridgehead atoms. The molecule has 0 spiro atoms. The summed E-state index contributed by atoms with van der Waals surface area (Å²) in [4.78, 5) is 0. The van der Waals surface area contributed by atoms with Crippen LogP contribution in [0.1, 0.15) is 31.4 Å². The van der Waals surface area contributed by atoms with Crippen molar-refractivity contribution in [2.75, 3.05) is 19.9 Å². The van der Waals surface area contributed by atoms with Crippen molar-refractivity contribution >= 4 is 0 Å². The third kappa shape index (κ3) is 5.20. The largest absolute Gasteiger partial charge is 0.467 e. The van der Waals surface area contributed by atoms with Gasteiger partial charge in [0.05, 0.1) is 0 Å². The number of nitrogens with one attached hydrogen (secondary N) is 1. The highest BCUT2D eigenvalue weighted by atomic mass is 16.7. The molecule has 0 aromatic heterocycles. The maximum atomic E-state index is 5.60. The molecule has 3 heteroatoms. The van der Waals surface area contributed by atoms with Crippen LogP contribution in [0.5, 0.6) is 5.75 Å². The highest BCUT2D eigenvalue weighted by Crippen LogP contribution is 2.20.